The van der Waals surface area contributed by atoms with E-state index in [-0.39, 0.29) is 6.04 Å². The molecule has 2 aromatic carbocycles. The molecular weight excluding hydrogens is 222 g/mol. The van der Waals surface area contributed by atoms with Gasteiger partial charge in [-0.25, -0.2) is 0 Å². The largest absolute Gasteiger partial charge is 0.497 e. The summed E-state index contributed by atoms with van der Waals surface area (Å²) in [6.45, 7) is 2.12. The highest BCUT2D eigenvalue weighted by atomic mass is 16.5. The minimum atomic E-state index is 0.220. The molecule has 0 fully saturated rings. The van der Waals surface area contributed by atoms with Gasteiger partial charge in [-0.3, -0.25) is 0 Å². The number of ether oxygens (including phenoxy) is 1. The molecule has 18 heavy (non-hydrogen) atoms. The van der Waals surface area contributed by atoms with Crippen LogP contribution >= 0.6 is 0 Å². The van der Waals surface area contributed by atoms with Gasteiger partial charge in [-0.05, 0) is 42.8 Å². The van der Waals surface area contributed by atoms with Gasteiger partial charge in [-0.1, -0.05) is 36.4 Å². The van der Waals surface area contributed by atoms with E-state index in [0.717, 1.165) is 5.75 Å². The average Bonchev–Trinajstić information content (AvgIpc) is 2.42. The lowest BCUT2D eigenvalue weighted by molar-refractivity contribution is 0.414. The van der Waals surface area contributed by atoms with Crippen LogP contribution in [0.25, 0.3) is 0 Å². The van der Waals surface area contributed by atoms with E-state index in [0.29, 0.717) is 0 Å². The minimum Gasteiger partial charge on any atom is -0.497 e. The van der Waals surface area contributed by atoms with Gasteiger partial charge in [-0.15, -0.1) is 0 Å². The van der Waals surface area contributed by atoms with Gasteiger partial charge in [-0.2, -0.15) is 0 Å². The van der Waals surface area contributed by atoms with Crippen LogP contribution in [0.2, 0.25) is 0 Å². The van der Waals surface area contributed by atoms with E-state index in [4.69, 9.17) is 4.74 Å². The summed E-state index contributed by atoms with van der Waals surface area (Å²) < 4.78 is 5.25. The van der Waals surface area contributed by atoms with Crippen LogP contribution in [0.4, 0.5) is 0 Å². The zero-order chi connectivity index (χ0) is 13.0. The Balaban J connectivity index is 2.39. The van der Waals surface area contributed by atoms with Gasteiger partial charge in [0.05, 0.1) is 13.2 Å². The van der Waals surface area contributed by atoms with E-state index in [1.54, 1.807) is 7.11 Å². The van der Waals surface area contributed by atoms with Crippen LogP contribution in [0, 0.1) is 6.92 Å². The second kappa shape index (κ2) is 5.69. The lowest BCUT2D eigenvalue weighted by Gasteiger charge is -2.20. The molecule has 2 aromatic rings. The minimum absolute atomic E-state index is 0.220. The summed E-state index contributed by atoms with van der Waals surface area (Å²) in [6, 6.07) is 16.9. The SMILES string of the molecule is CNC(c1ccccc1)c1ccc(OC)cc1C. The van der Waals surface area contributed by atoms with Crippen molar-refractivity contribution in [1.82, 2.24) is 5.32 Å². The van der Waals surface area contributed by atoms with Crippen LogP contribution in [0.15, 0.2) is 48.5 Å². The molecule has 1 atom stereocenters. The highest BCUT2D eigenvalue weighted by Gasteiger charge is 2.13. The summed E-state index contributed by atoms with van der Waals surface area (Å²) in [7, 11) is 3.68. The zero-order valence-electron chi connectivity index (χ0n) is 11.1. The molecule has 0 aromatic heterocycles. The highest BCUT2D eigenvalue weighted by Crippen LogP contribution is 2.27. The molecule has 0 amide bonds. The van der Waals surface area contributed by atoms with E-state index in [9.17, 15) is 0 Å². The molecule has 2 heteroatoms. The van der Waals surface area contributed by atoms with Crippen molar-refractivity contribution in [3.8, 4) is 5.75 Å². The first kappa shape index (κ1) is 12.7. The number of methoxy groups -OCH3 is 1. The molecule has 2 nitrogen and oxygen atoms in total. The third-order valence-corrected chi connectivity index (χ3v) is 3.21. The maximum absolute atomic E-state index is 5.25. The Labute approximate surface area is 109 Å². The van der Waals surface area contributed by atoms with Gasteiger partial charge >= 0.3 is 0 Å². The van der Waals surface area contributed by atoms with Crippen LogP contribution in [-0.4, -0.2) is 14.2 Å². The van der Waals surface area contributed by atoms with E-state index in [1.807, 2.05) is 19.2 Å². The first-order valence-electron chi connectivity index (χ1n) is 6.13. The number of hydrogen-bond donors (Lipinski definition) is 1. The number of rotatable bonds is 4. The van der Waals surface area contributed by atoms with E-state index >= 15 is 0 Å². The van der Waals surface area contributed by atoms with Crippen LogP contribution in [-0.2, 0) is 0 Å². The Morgan fingerprint density at radius 1 is 1.06 bits per heavy atom. The van der Waals surface area contributed by atoms with E-state index < -0.39 is 0 Å². The van der Waals surface area contributed by atoms with Gasteiger partial charge in [0, 0.05) is 0 Å². The summed E-state index contributed by atoms with van der Waals surface area (Å²) in [6.07, 6.45) is 0. The molecule has 1 N–H and O–H groups in total. The number of hydrogen-bond acceptors (Lipinski definition) is 2. The van der Waals surface area contributed by atoms with Crippen LogP contribution in [0.1, 0.15) is 22.7 Å². The van der Waals surface area contributed by atoms with Crippen LogP contribution in [0.5, 0.6) is 5.75 Å². The normalized spacial score (nSPS) is 12.2. The molecule has 0 heterocycles. The molecule has 1 unspecified atom stereocenters. The Hall–Kier alpha value is -1.80. The second-order valence-corrected chi connectivity index (χ2v) is 4.35. The van der Waals surface area contributed by atoms with Gasteiger partial charge in [0.25, 0.3) is 0 Å². The molecule has 0 saturated heterocycles. The van der Waals surface area contributed by atoms with Crippen molar-refractivity contribution in [3.63, 3.8) is 0 Å². The Morgan fingerprint density at radius 2 is 1.78 bits per heavy atom. The summed E-state index contributed by atoms with van der Waals surface area (Å²) in [5, 5.41) is 3.37. The first-order valence-corrected chi connectivity index (χ1v) is 6.13. The molecule has 0 aliphatic carbocycles. The molecule has 94 valence electrons. The molecule has 0 spiro atoms. The Morgan fingerprint density at radius 3 is 2.33 bits per heavy atom. The predicted octanol–water partition coefficient (Wildman–Crippen LogP) is 3.31. The van der Waals surface area contributed by atoms with Gasteiger partial charge in [0.2, 0.25) is 0 Å². The summed E-state index contributed by atoms with van der Waals surface area (Å²) in [5.74, 6) is 0.902. The summed E-state index contributed by atoms with van der Waals surface area (Å²) in [5.41, 5.74) is 3.79. The van der Waals surface area contributed by atoms with Crippen molar-refractivity contribution < 1.29 is 4.74 Å². The first-order chi connectivity index (χ1) is 8.76. The number of aryl methyl sites for hydroxylation is 1. The smallest absolute Gasteiger partial charge is 0.119 e. The van der Waals surface area contributed by atoms with Gasteiger partial charge in [0.15, 0.2) is 0 Å². The van der Waals surface area contributed by atoms with Crippen LogP contribution < -0.4 is 10.1 Å². The maximum atomic E-state index is 5.25. The Kier molecular flexibility index (Phi) is 4.00. The number of benzene rings is 2. The average molecular weight is 241 g/mol. The quantitative estimate of drug-likeness (QED) is 0.886. The second-order valence-electron chi connectivity index (χ2n) is 4.35. The fraction of sp³-hybridized carbons (Fsp3) is 0.250. The topological polar surface area (TPSA) is 21.3 Å². The highest BCUT2D eigenvalue weighted by molar-refractivity contribution is 5.41. The fourth-order valence-electron chi connectivity index (χ4n) is 2.25. The van der Waals surface area contributed by atoms with Crippen molar-refractivity contribution >= 4 is 0 Å². The zero-order valence-corrected chi connectivity index (χ0v) is 11.1. The van der Waals surface area contributed by atoms with Crippen LogP contribution in [0.3, 0.4) is 0 Å². The third kappa shape index (κ3) is 2.54. The lowest BCUT2D eigenvalue weighted by Crippen LogP contribution is -2.18. The predicted molar refractivity (Wildman–Crippen MR) is 75.1 cm³/mol. The van der Waals surface area contributed by atoms with E-state index in [2.05, 4.69) is 48.6 Å². The van der Waals surface area contributed by atoms with Crippen molar-refractivity contribution in [1.29, 1.82) is 0 Å². The monoisotopic (exact) mass is 241 g/mol. The molecule has 0 aliphatic heterocycles. The summed E-state index contributed by atoms with van der Waals surface area (Å²) >= 11 is 0. The standard InChI is InChI=1S/C16H19NO/c1-12-11-14(18-3)9-10-15(12)16(17-2)13-7-5-4-6-8-13/h4-11,16-17H,1-3H3. The molecule has 0 radical (unpaired) electrons. The van der Waals surface area contributed by atoms with Gasteiger partial charge in [0.1, 0.15) is 5.75 Å². The Bertz CT molecular complexity index is 508. The van der Waals surface area contributed by atoms with Crippen molar-refractivity contribution in [2.45, 2.75) is 13.0 Å². The third-order valence-electron chi connectivity index (χ3n) is 3.21. The summed E-state index contributed by atoms with van der Waals surface area (Å²) in [4.78, 5) is 0. The molecule has 0 bridgehead atoms. The molecular formula is C16H19NO. The molecule has 0 aliphatic rings. The van der Waals surface area contributed by atoms with Gasteiger partial charge < -0.3 is 10.1 Å². The molecule has 0 saturated carbocycles. The fourth-order valence-corrected chi connectivity index (χ4v) is 2.25. The molecule has 2 rings (SSSR count). The number of nitrogens with one attached hydrogen (secondary N) is 1. The maximum Gasteiger partial charge on any atom is 0.119 e. The lowest BCUT2D eigenvalue weighted by atomic mass is 9.95. The van der Waals surface area contributed by atoms with E-state index in [1.165, 1.54) is 16.7 Å². The van der Waals surface area contributed by atoms with Crippen molar-refractivity contribution in [2.24, 2.45) is 0 Å². The van der Waals surface area contributed by atoms with Crippen molar-refractivity contribution in [3.05, 3.63) is 65.2 Å². The van der Waals surface area contributed by atoms with Crippen molar-refractivity contribution in [2.75, 3.05) is 14.2 Å².